The summed E-state index contributed by atoms with van der Waals surface area (Å²) in [5.74, 6) is 6.22. The topological polar surface area (TPSA) is 135 Å². The number of nitrogens with two attached hydrogens (primary N) is 1. The molecule has 0 amide bonds. The van der Waals surface area contributed by atoms with E-state index in [0.717, 1.165) is 5.01 Å². The average molecular weight is 506 g/mol. The lowest BCUT2D eigenvalue weighted by Gasteiger charge is -2.36. The predicted octanol–water partition coefficient (Wildman–Crippen LogP) is 4.78. The summed E-state index contributed by atoms with van der Waals surface area (Å²) in [6.45, 7) is 0. The minimum absolute atomic E-state index is 0.0356. The maximum absolute atomic E-state index is 13.6. The minimum Gasteiger partial charge on any atom is -0.508 e. The molecule has 2 aliphatic heterocycles. The molecule has 186 valence electrons. The molecule has 0 saturated heterocycles. The molecule has 9 nitrogen and oxygen atoms in total. The van der Waals surface area contributed by atoms with Gasteiger partial charge < -0.3 is 24.1 Å². The number of hydrogen-bond donors (Lipinski definition) is 3. The molecule has 5 aromatic rings. The van der Waals surface area contributed by atoms with Gasteiger partial charge in [-0.05, 0) is 42.5 Å². The predicted molar refractivity (Wildman–Crippen MR) is 137 cm³/mol. The Kier molecular flexibility index (Phi) is 4.40. The zero-order valence-electron chi connectivity index (χ0n) is 19.5. The van der Waals surface area contributed by atoms with Crippen LogP contribution in [0.5, 0.6) is 23.0 Å². The second kappa shape index (κ2) is 7.61. The van der Waals surface area contributed by atoms with Crippen LogP contribution in [0.25, 0.3) is 11.0 Å². The van der Waals surface area contributed by atoms with Gasteiger partial charge in [-0.1, -0.05) is 30.3 Å². The largest absolute Gasteiger partial charge is 0.508 e. The van der Waals surface area contributed by atoms with E-state index in [1.807, 2.05) is 6.07 Å². The Bertz CT molecular complexity index is 1830. The Morgan fingerprint density at radius 3 is 2.13 bits per heavy atom. The summed E-state index contributed by atoms with van der Waals surface area (Å²) in [6, 6.07) is 22.7. The number of carbonyl (C=O) groups excluding carboxylic acids is 1. The van der Waals surface area contributed by atoms with Gasteiger partial charge in [0.15, 0.2) is 5.60 Å². The summed E-state index contributed by atoms with van der Waals surface area (Å²) in [5, 5.41) is 22.0. The van der Waals surface area contributed by atoms with Crippen LogP contribution < -0.4 is 21.2 Å². The number of aromatic hydroxyl groups is 2. The number of anilines is 2. The van der Waals surface area contributed by atoms with Crippen molar-refractivity contribution in [1.29, 1.82) is 0 Å². The van der Waals surface area contributed by atoms with Crippen LogP contribution in [0.2, 0.25) is 0 Å². The lowest BCUT2D eigenvalue weighted by molar-refractivity contribution is 0.0224. The highest BCUT2D eigenvalue weighted by molar-refractivity contribution is 6.03. The van der Waals surface area contributed by atoms with Gasteiger partial charge in [0.1, 0.15) is 34.3 Å². The van der Waals surface area contributed by atoms with Gasteiger partial charge in [0.05, 0.1) is 11.3 Å². The summed E-state index contributed by atoms with van der Waals surface area (Å²) < 4.78 is 17.6. The molecule has 7 rings (SSSR count). The molecular weight excluding hydrogens is 488 g/mol. The first-order chi connectivity index (χ1) is 18.4. The summed E-state index contributed by atoms with van der Waals surface area (Å²) in [4.78, 5) is 26.4. The number of para-hydroxylation sites is 1. The average Bonchev–Trinajstić information content (AvgIpc) is 3.20. The standard InChI is InChI=1S/C29H18N2O7/c30-31(22-12-15-4-1-2-7-23(15)37-27(22)34)21-6-3-5-20-26(21)28(35)38-29(20)18-10-8-16(32)13-24(18)36-25-14-17(33)9-11-19(25)29/h1-14,32-33H,30H2. The van der Waals surface area contributed by atoms with Crippen LogP contribution >= 0.6 is 0 Å². The molecule has 2 aliphatic rings. The highest BCUT2D eigenvalue weighted by Gasteiger charge is 2.54. The third kappa shape index (κ3) is 2.90. The lowest BCUT2D eigenvalue weighted by atomic mass is 9.77. The number of phenols is 2. The highest BCUT2D eigenvalue weighted by atomic mass is 16.6. The molecule has 1 spiro atoms. The number of fused-ring (bicyclic) bond motifs is 7. The van der Waals surface area contributed by atoms with Gasteiger partial charge in [0, 0.05) is 34.2 Å². The summed E-state index contributed by atoms with van der Waals surface area (Å²) >= 11 is 0. The summed E-state index contributed by atoms with van der Waals surface area (Å²) in [7, 11) is 0. The van der Waals surface area contributed by atoms with Crippen LogP contribution in [-0.2, 0) is 10.3 Å². The summed E-state index contributed by atoms with van der Waals surface area (Å²) in [6.07, 6.45) is 0. The van der Waals surface area contributed by atoms with E-state index in [0.29, 0.717) is 27.7 Å². The third-order valence-electron chi connectivity index (χ3n) is 6.92. The molecule has 0 fully saturated rings. The number of rotatable bonds is 2. The molecule has 0 aliphatic carbocycles. The number of hydrogen-bond acceptors (Lipinski definition) is 9. The number of hydrazine groups is 1. The van der Waals surface area contributed by atoms with E-state index in [9.17, 15) is 19.8 Å². The molecule has 9 heteroatoms. The Labute approximate surface area is 214 Å². The van der Waals surface area contributed by atoms with Crippen molar-refractivity contribution in [3.8, 4) is 23.0 Å². The molecule has 1 aromatic heterocycles. The molecule has 3 heterocycles. The maximum Gasteiger partial charge on any atom is 0.361 e. The Morgan fingerprint density at radius 2 is 1.42 bits per heavy atom. The zero-order valence-corrected chi connectivity index (χ0v) is 19.5. The zero-order chi connectivity index (χ0) is 26.2. The molecule has 0 atom stereocenters. The third-order valence-corrected chi connectivity index (χ3v) is 6.92. The monoisotopic (exact) mass is 506 g/mol. The van der Waals surface area contributed by atoms with Crippen molar-refractivity contribution in [2.45, 2.75) is 5.60 Å². The molecular formula is C29H18N2O7. The van der Waals surface area contributed by atoms with Gasteiger partial charge in [0.2, 0.25) is 0 Å². The van der Waals surface area contributed by atoms with Crippen molar-refractivity contribution >= 4 is 28.3 Å². The number of benzene rings is 4. The smallest absolute Gasteiger partial charge is 0.361 e. The number of carbonyl (C=O) groups is 1. The van der Waals surface area contributed by atoms with E-state index in [1.165, 1.54) is 24.3 Å². The van der Waals surface area contributed by atoms with Crippen molar-refractivity contribution in [3.05, 3.63) is 118 Å². The van der Waals surface area contributed by atoms with Crippen LogP contribution in [0.15, 0.2) is 94.1 Å². The SMILES string of the molecule is NN(c1cccc2c1C(=O)OC21c2ccc(O)cc2Oc2cc(O)ccc21)c1cc2ccccc2oc1=O. The van der Waals surface area contributed by atoms with Gasteiger partial charge in [-0.15, -0.1) is 0 Å². The Hall–Kier alpha value is -5.28. The Morgan fingerprint density at radius 1 is 0.737 bits per heavy atom. The second-order valence-corrected chi connectivity index (χ2v) is 9.06. The van der Waals surface area contributed by atoms with Crippen LogP contribution in [0.1, 0.15) is 27.0 Å². The summed E-state index contributed by atoms with van der Waals surface area (Å²) in [5.41, 5.74) is 0.128. The van der Waals surface area contributed by atoms with Crippen LogP contribution in [-0.4, -0.2) is 16.2 Å². The van der Waals surface area contributed by atoms with E-state index < -0.39 is 17.2 Å². The highest BCUT2D eigenvalue weighted by Crippen LogP contribution is 2.58. The molecule has 4 N–H and O–H groups in total. The van der Waals surface area contributed by atoms with E-state index in [1.54, 1.807) is 54.6 Å². The maximum atomic E-state index is 13.6. The number of ether oxygens (including phenoxy) is 2. The van der Waals surface area contributed by atoms with E-state index >= 15 is 0 Å². The number of phenolic OH excluding ortho intramolecular Hbond substituents is 2. The molecule has 38 heavy (non-hydrogen) atoms. The van der Waals surface area contributed by atoms with Gasteiger partial charge in [-0.2, -0.15) is 0 Å². The van der Waals surface area contributed by atoms with Crippen LogP contribution in [0.4, 0.5) is 11.4 Å². The fraction of sp³-hybridized carbons (Fsp3) is 0.0345. The molecule has 0 bridgehead atoms. The minimum atomic E-state index is -1.46. The number of esters is 1. The quantitative estimate of drug-likeness (QED) is 0.134. The first-order valence-electron chi connectivity index (χ1n) is 11.7. The molecule has 0 radical (unpaired) electrons. The van der Waals surface area contributed by atoms with E-state index in [4.69, 9.17) is 19.7 Å². The van der Waals surface area contributed by atoms with Crippen LogP contribution in [0.3, 0.4) is 0 Å². The fourth-order valence-corrected chi connectivity index (χ4v) is 5.28. The van der Waals surface area contributed by atoms with E-state index in [2.05, 4.69) is 0 Å². The van der Waals surface area contributed by atoms with Gasteiger partial charge in [0.25, 0.3) is 0 Å². The van der Waals surface area contributed by atoms with Crippen molar-refractivity contribution in [3.63, 3.8) is 0 Å². The van der Waals surface area contributed by atoms with Crippen molar-refractivity contribution in [2.24, 2.45) is 5.84 Å². The molecule has 0 saturated carbocycles. The van der Waals surface area contributed by atoms with Crippen molar-refractivity contribution in [2.75, 3.05) is 5.01 Å². The molecule has 0 unspecified atom stereocenters. The lowest BCUT2D eigenvalue weighted by Crippen LogP contribution is -2.33. The number of nitrogens with zero attached hydrogens (tertiary/aromatic N) is 1. The first-order valence-corrected chi connectivity index (χ1v) is 11.7. The van der Waals surface area contributed by atoms with Gasteiger partial charge in [-0.3, -0.25) is 5.01 Å². The Balaban J connectivity index is 1.48. The molecule has 4 aromatic carbocycles. The first kappa shape index (κ1) is 22.0. The fourth-order valence-electron chi connectivity index (χ4n) is 5.28. The van der Waals surface area contributed by atoms with Crippen LogP contribution in [0, 0.1) is 0 Å². The van der Waals surface area contributed by atoms with Crippen molar-refractivity contribution < 1.29 is 28.9 Å². The van der Waals surface area contributed by atoms with E-state index in [-0.39, 0.29) is 39.9 Å². The normalized spacial score (nSPS) is 14.4. The van der Waals surface area contributed by atoms with Gasteiger partial charge in [-0.25, -0.2) is 15.4 Å². The van der Waals surface area contributed by atoms with Gasteiger partial charge >= 0.3 is 11.6 Å². The van der Waals surface area contributed by atoms with Crippen molar-refractivity contribution in [1.82, 2.24) is 0 Å². The second-order valence-electron chi connectivity index (χ2n) is 9.06.